The van der Waals surface area contributed by atoms with Crippen molar-refractivity contribution >= 4 is 39.2 Å². The Balaban J connectivity index is 1.58. The Bertz CT molecular complexity index is 916. The lowest BCUT2D eigenvalue weighted by Crippen LogP contribution is -2.58. The molecule has 2 fully saturated rings. The van der Waals surface area contributed by atoms with Crippen molar-refractivity contribution in [1.29, 1.82) is 0 Å². The van der Waals surface area contributed by atoms with Gasteiger partial charge >= 0.3 is 6.03 Å². The lowest BCUT2D eigenvalue weighted by Gasteiger charge is -2.40. The molecule has 0 aromatic heterocycles. The number of aryl methyl sites for hydroxylation is 1. The highest BCUT2D eigenvalue weighted by Gasteiger charge is 2.39. The summed E-state index contributed by atoms with van der Waals surface area (Å²) in [5.74, 6) is -0.0851. The van der Waals surface area contributed by atoms with Gasteiger partial charge in [-0.15, -0.1) is 0 Å². The van der Waals surface area contributed by atoms with E-state index in [2.05, 4.69) is 5.32 Å². The van der Waals surface area contributed by atoms with E-state index in [9.17, 15) is 18.0 Å². The van der Waals surface area contributed by atoms with Crippen LogP contribution in [0.15, 0.2) is 18.2 Å². The maximum atomic E-state index is 13.1. The van der Waals surface area contributed by atoms with Crippen LogP contribution in [0.5, 0.6) is 0 Å². The van der Waals surface area contributed by atoms with Crippen molar-refractivity contribution in [3.05, 3.63) is 28.8 Å². The summed E-state index contributed by atoms with van der Waals surface area (Å²) in [4.78, 5) is 29.1. The molecule has 8 nitrogen and oxygen atoms in total. The molecule has 172 valence electrons. The molecule has 3 amide bonds. The fourth-order valence-electron chi connectivity index (χ4n) is 4.07. The zero-order valence-corrected chi connectivity index (χ0v) is 19.7. The highest BCUT2D eigenvalue weighted by Crippen LogP contribution is 2.24. The lowest BCUT2D eigenvalue weighted by molar-refractivity contribution is -0.137. The van der Waals surface area contributed by atoms with Crippen LogP contribution < -0.4 is 5.32 Å². The first-order valence-corrected chi connectivity index (χ1v) is 12.8. The molecule has 1 aromatic carbocycles. The summed E-state index contributed by atoms with van der Waals surface area (Å²) in [7, 11) is -3.43. The number of nitrogens with zero attached hydrogens (tertiary/aromatic N) is 3. The molecule has 1 N–H and O–H groups in total. The van der Waals surface area contributed by atoms with Crippen LogP contribution in [0.25, 0.3) is 0 Å². The Morgan fingerprint density at radius 2 is 1.77 bits per heavy atom. The second kappa shape index (κ2) is 10.2. The van der Waals surface area contributed by atoms with Crippen molar-refractivity contribution in [2.45, 2.75) is 45.6 Å². The van der Waals surface area contributed by atoms with Crippen LogP contribution in [0.1, 0.15) is 38.2 Å². The molecular weight excluding hydrogens is 440 g/mol. The fraction of sp³-hybridized carbons (Fsp3) is 0.619. The van der Waals surface area contributed by atoms with Crippen LogP contribution >= 0.6 is 11.6 Å². The normalized spacial score (nSPS) is 20.5. The van der Waals surface area contributed by atoms with E-state index >= 15 is 0 Å². The van der Waals surface area contributed by atoms with E-state index in [-0.39, 0.29) is 17.7 Å². The Hall–Kier alpha value is -1.84. The van der Waals surface area contributed by atoms with E-state index in [1.807, 2.05) is 19.9 Å². The van der Waals surface area contributed by atoms with Crippen molar-refractivity contribution in [3.63, 3.8) is 0 Å². The van der Waals surface area contributed by atoms with Crippen molar-refractivity contribution < 1.29 is 18.0 Å². The molecule has 1 unspecified atom stereocenters. The van der Waals surface area contributed by atoms with Gasteiger partial charge in [0.1, 0.15) is 6.04 Å². The number of piperazine rings is 1. The number of carbonyl (C=O) groups is 2. The molecule has 0 aliphatic carbocycles. The first-order chi connectivity index (χ1) is 14.7. The van der Waals surface area contributed by atoms with E-state index in [0.29, 0.717) is 56.3 Å². The van der Waals surface area contributed by atoms with Gasteiger partial charge in [0.15, 0.2) is 0 Å². The number of rotatable bonds is 5. The minimum absolute atomic E-state index is 0.0633. The Labute approximate surface area is 189 Å². The largest absolute Gasteiger partial charge is 0.338 e. The topological polar surface area (TPSA) is 90.0 Å². The number of nitrogens with one attached hydrogen (secondary N) is 1. The van der Waals surface area contributed by atoms with Gasteiger partial charge in [0.25, 0.3) is 0 Å². The number of benzene rings is 1. The fourth-order valence-corrected chi connectivity index (χ4v) is 6.00. The zero-order valence-electron chi connectivity index (χ0n) is 18.1. The summed E-state index contributed by atoms with van der Waals surface area (Å²) in [6, 6.07) is 4.49. The number of carbonyl (C=O) groups excluding carboxylic acids is 2. The van der Waals surface area contributed by atoms with Crippen LogP contribution in [-0.4, -0.2) is 79.0 Å². The molecule has 3 rings (SSSR count). The zero-order chi connectivity index (χ0) is 22.6. The minimum Gasteiger partial charge on any atom is -0.338 e. The van der Waals surface area contributed by atoms with Crippen LogP contribution in [0, 0.1) is 6.92 Å². The standard InChI is InChI=1S/C21H31ClN4O4S/c1-3-14-31(29,30)26-9-5-4-6-19(26)20(27)24-10-12-25(13-11-24)21(28)23-17-8-7-16(2)18(22)15-17/h7-8,15,19H,3-6,9-14H2,1-2H3,(H,23,28). The smallest absolute Gasteiger partial charge is 0.321 e. The molecule has 1 atom stereocenters. The van der Waals surface area contributed by atoms with E-state index < -0.39 is 16.1 Å². The van der Waals surface area contributed by atoms with Gasteiger partial charge in [-0.1, -0.05) is 31.0 Å². The Morgan fingerprint density at radius 3 is 2.42 bits per heavy atom. The summed E-state index contributed by atoms with van der Waals surface area (Å²) in [6.45, 7) is 5.69. The number of anilines is 1. The Morgan fingerprint density at radius 1 is 1.10 bits per heavy atom. The predicted molar refractivity (Wildman–Crippen MR) is 122 cm³/mol. The summed E-state index contributed by atoms with van der Waals surface area (Å²) in [5, 5.41) is 3.43. The molecule has 2 aliphatic rings. The number of piperidine rings is 1. The highest BCUT2D eigenvalue weighted by molar-refractivity contribution is 7.89. The van der Waals surface area contributed by atoms with Gasteiger partial charge in [-0.3, -0.25) is 4.79 Å². The number of hydrogen-bond acceptors (Lipinski definition) is 4. The molecule has 0 radical (unpaired) electrons. The molecular formula is C21H31ClN4O4S. The molecule has 2 heterocycles. The highest BCUT2D eigenvalue weighted by atomic mass is 35.5. The molecule has 1 aromatic rings. The van der Waals surface area contributed by atoms with Gasteiger partial charge in [-0.05, 0) is 43.9 Å². The van der Waals surface area contributed by atoms with E-state index in [4.69, 9.17) is 11.6 Å². The second-order valence-corrected chi connectivity index (χ2v) is 10.6. The lowest BCUT2D eigenvalue weighted by atomic mass is 10.0. The number of halogens is 1. The van der Waals surface area contributed by atoms with Crippen LogP contribution in [0.3, 0.4) is 0 Å². The van der Waals surface area contributed by atoms with Gasteiger partial charge in [0.05, 0.1) is 5.75 Å². The van der Waals surface area contributed by atoms with Gasteiger partial charge in [-0.25, -0.2) is 13.2 Å². The third kappa shape index (κ3) is 5.70. The predicted octanol–water partition coefficient (Wildman–Crippen LogP) is 2.92. The van der Waals surface area contributed by atoms with Crippen molar-refractivity contribution in [2.24, 2.45) is 0 Å². The molecule has 31 heavy (non-hydrogen) atoms. The molecule has 0 spiro atoms. The summed E-state index contributed by atoms with van der Waals surface area (Å²) in [6.07, 6.45) is 2.70. The average molecular weight is 471 g/mol. The first-order valence-electron chi connectivity index (χ1n) is 10.8. The van der Waals surface area contributed by atoms with E-state index in [1.54, 1.807) is 21.9 Å². The maximum absolute atomic E-state index is 13.1. The number of urea groups is 1. The molecule has 2 aliphatic heterocycles. The average Bonchev–Trinajstić information content (AvgIpc) is 2.76. The summed E-state index contributed by atoms with van der Waals surface area (Å²) >= 11 is 6.12. The number of sulfonamides is 1. The molecule has 0 saturated carbocycles. The van der Waals surface area contributed by atoms with Crippen LogP contribution in [0.4, 0.5) is 10.5 Å². The monoisotopic (exact) mass is 470 g/mol. The van der Waals surface area contributed by atoms with Gasteiger partial charge < -0.3 is 15.1 Å². The number of hydrogen-bond donors (Lipinski definition) is 1. The van der Waals surface area contributed by atoms with Crippen LogP contribution in [-0.2, 0) is 14.8 Å². The molecule has 2 saturated heterocycles. The van der Waals surface area contributed by atoms with Crippen molar-refractivity contribution in [3.8, 4) is 0 Å². The number of amides is 3. The third-order valence-corrected chi connectivity index (χ3v) is 8.34. The van der Waals surface area contributed by atoms with E-state index in [1.165, 1.54) is 4.31 Å². The van der Waals surface area contributed by atoms with Gasteiger partial charge in [0, 0.05) is 43.4 Å². The third-order valence-electron chi connectivity index (χ3n) is 5.86. The second-order valence-electron chi connectivity index (χ2n) is 8.14. The first kappa shape index (κ1) is 23.8. The quantitative estimate of drug-likeness (QED) is 0.716. The van der Waals surface area contributed by atoms with Gasteiger partial charge in [-0.2, -0.15) is 4.31 Å². The van der Waals surface area contributed by atoms with Crippen molar-refractivity contribution in [2.75, 3.05) is 43.8 Å². The molecule has 0 bridgehead atoms. The van der Waals surface area contributed by atoms with Gasteiger partial charge in [0.2, 0.25) is 15.9 Å². The maximum Gasteiger partial charge on any atom is 0.321 e. The van der Waals surface area contributed by atoms with Crippen LogP contribution in [0.2, 0.25) is 5.02 Å². The SMILES string of the molecule is CCCS(=O)(=O)N1CCCCC1C(=O)N1CCN(C(=O)Nc2ccc(C)c(Cl)c2)CC1. The summed E-state index contributed by atoms with van der Waals surface area (Å²) in [5.41, 5.74) is 1.56. The molecule has 10 heteroatoms. The van der Waals surface area contributed by atoms with E-state index in [0.717, 1.165) is 18.4 Å². The summed E-state index contributed by atoms with van der Waals surface area (Å²) < 4.78 is 26.7. The minimum atomic E-state index is -3.43. The van der Waals surface area contributed by atoms with Crippen molar-refractivity contribution in [1.82, 2.24) is 14.1 Å². The Kier molecular flexibility index (Phi) is 7.82.